The Hall–Kier alpha value is -1.03. The molecule has 1 aliphatic carbocycles. The predicted molar refractivity (Wildman–Crippen MR) is 83.4 cm³/mol. The van der Waals surface area contributed by atoms with E-state index in [9.17, 15) is 4.79 Å². The number of hydrogen-bond acceptors (Lipinski definition) is 2. The van der Waals surface area contributed by atoms with Crippen molar-refractivity contribution in [2.45, 2.75) is 43.9 Å². The monoisotopic (exact) mass is 337 g/mol. The maximum absolute atomic E-state index is 11.4. The Bertz CT molecular complexity index is 523. The number of halogens is 1. The third kappa shape index (κ3) is 2.58. The highest BCUT2D eigenvalue weighted by atomic mass is 79.9. The Morgan fingerprint density at radius 1 is 1.30 bits per heavy atom. The second-order valence-electron chi connectivity index (χ2n) is 6.17. The number of rotatable bonds is 2. The van der Waals surface area contributed by atoms with Crippen molar-refractivity contribution in [3.8, 4) is 5.75 Å². The third-order valence-corrected chi connectivity index (χ3v) is 6.17. The van der Waals surface area contributed by atoms with E-state index in [0.29, 0.717) is 10.2 Å². The highest BCUT2D eigenvalue weighted by molar-refractivity contribution is 9.09. The van der Waals surface area contributed by atoms with Gasteiger partial charge in [-0.3, -0.25) is 4.79 Å². The minimum atomic E-state index is -0.0790. The smallest absolute Gasteiger partial charge is 0.262 e. The summed E-state index contributed by atoms with van der Waals surface area (Å²) in [6.07, 6.45) is 6.47. The zero-order chi connectivity index (χ0) is 14.2. The van der Waals surface area contributed by atoms with Crippen molar-refractivity contribution < 1.29 is 9.53 Å². The van der Waals surface area contributed by atoms with E-state index >= 15 is 0 Å². The van der Waals surface area contributed by atoms with Gasteiger partial charge in [0.25, 0.3) is 5.91 Å². The van der Waals surface area contributed by atoms with Gasteiger partial charge in [0.05, 0.1) is 5.69 Å². The number of fused-ring (bicyclic) bond motifs is 1. The Labute approximate surface area is 128 Å². The van der Waals surface area contributed by atoms with Gasteiger partial charge in [0.2, 0.25) is 0 Å². The van der Waals surface area contributed by atoms with Gasteiger partial charge in [0.15, 0.2) is 6.61 Å². The molecule has 3 rings (SSSR count). The molecular weight excluding hydrogens is 318 g/mol. The Morgan fingerprint density at radius 2 is 2.05 bits per heavy atom. The lowest BCUT2D eigenvalue weighted by Crippen LogP contribution is -2.27. The molecule has 108 valence electrons. The molecule has 1 amide bonds. The molecule has 2 aliphatic rings. The summed E-state index contributed by atoms with van der Waals surface area (Å²) in [5.74, 6) is 0.687. The van der Waals surface area contributed by atoms with Crippen LogP contribution in [0.25, 0.3) is 0 Å². The van der Waals surface area contributed by atoms with Crippen LogP contribution in [-0.4, -0.2) is 12.5 Å². The van der Waals surface area contributed by atoms with Gasteiger partial charge in [-0.2, -0.15) is 0 Å². The van der Waals surface area contributed by atoms with Crippen molar-refractivity contribution in [3.05, 3.63) is 23.8 Å². The molecule has 1 aromatic rings. The Kier molecular flexibility index (Phi) is 3.76. The van der Waals surface area contributed by atoms with Crippen molar-refractivity contribution in [1.29, 1.82) is 0 Å². The number of alkyl halides is 1. The molecule has 1 aromatic carbocycles. The number of hydrogen-bond donors (Lipinski definition) is 1. The number of ether oxygens (including phenoxy) is 1. The van der Waals surface area contributed by atoms with Gasteiger partial charge in [-0.05, 0) is 36.0 Å². The van der Waals surface area contributed by atoms with E-state index in [1.54, 1.807) is 0 Å². The molecule has 1 unspecified atom stereocenters. The normalized spacial score (nSPS) is 22.4. The molecular formula is C16H20BrNO2. The van der Waals surface area contributed by atoms with Gasteiger partial charge in [-0.15, -0.1) is 0 Å². The summed E-state index contributed by atoms with van der Waals surface area (Å²) in [7, 11) is 0. The maximum Gasteiger partial charge on any atom is 0.262 e. The first kappa shape index (κ1) is 13.9. The first-order valence-electron chi connectivity index (χ1n) is 7.29. The summed E-state index contributed by atoms with van der Waals surface area (Å²) in [4.78, 5) is 11.7. The van der Waals surface area contributed by atoms with Crippen molar-refractivity contribution >= 4 is 27.5 Å². The van der Waals surface area contributed by atoms with E-state index in [4.69, 9.17) is 4.74 Å². The fourth-order valence-corrected chi connectivity index (χ4v) is 4.02. The molecule has 0 spiro atoms. The lowest BCUT2D eigenvalue weighted by molar-refractivity contribution is -0.118. The predicted octanol–water partition coefficient (Wildman–Crippen LogP) is 4.42. The van der Waals surface area contributed by atoms with Crippen LogP contribution >= 0.6 is 15.9 Å². The van der Waals surface area contributed by atoms with Crippen LogP contribution in [0.3, 0.4) is 0 Å². The fourth-order valence-electron chi connectivity index (χ4n) is 3.27. The molecule has 0 radical (unpaired) electrons. The minimum absolute atomic E-state index is 0.0790. The molecule has 4 heteroatoms. The SMILES string of the molecule is CC1(C(Br)c2ccc3c(c2)NC(=O)CO3)CCCCC1. The second kappa shape index (κ2) is 5.40. The molecule has 0 saturated heterocycles. The van der Waals surface area contributed by atoms with Gasteiger partial charge in [0, 0.05) is 4.83 Å². The summed E-state index contributed by atoms with van der Waals surface area (Å²) in [6, 6.07) is 6.12. The van der Waals surface area contributed by atoms with Crippen molar-refractivity contribution in [2.75, 3.05) is 11.9 Å². The van der Waals surface area contributed by atoms with Gasteiger partial charge >= 0.3 is 0 Å². The molecule has 3 nitrogen and oxygen atoms in total. The van der Waals surface area contributed by atoms with Gasteiger partial charge < -0.3 is 10.1 Å². The first-order chi connectivity index (χ1) is 9.58. The van der Waals surface area contributed by atoms with Gasteiger partial charge in [-0.1, -0.05) is 48.2 Å². The zero-order valence-electron chi connectivity index (χ0n) is 11.7. The number of anilines is 1. The van der Waals surface area contributed by atoms with Crippen molar-refractivity contribution in [2.24, 2.45) is 5.41 Å². The Morgan fingerprint density at radius 3 is 2.80 bits per heavy atom. The average Bonchev–Trinajstić information content (AvgIpc) is 2.46. The van der Waals surface area contributed by atoms with E-state index in [0.717, 1.165) is 11.4 Å². The minimum Gasteiger partial charge on any atom is -0.482 e. The number of benzene rings is 1. The van der Waals surface area contributed by atoms with E-state index < -0.39 is 0 Å². The first-order valence-corrected chi connectivity index (χ1v) is 8.21. The summed E-state index contributed by atoms with van der Waals surface area (Å²) in [5.41, 5.74) is 2.31. The summed E-state index contributed by atoms with van der Waals surface area (Å²) >= 11 is 3.89. The largest absolute Gasteiger partial charge is 0.482 e. The molecule has 1 saturated carbocycles. The average molecular weight is 338 g/mol. The summed E-state index contributed by atoms with van der Waals surface area (Å²) in [5, 5.41) is 2.89. The molecule has 1 atom stereocenters. The molecule has 1 aliphatic heterocycles. The number of amides is 1. The van der Waals surface area contributed by atoms with Crippen LogP contribution < -0.4 is 10.1 Å². The van der Waals surface area contributed by atoms with E-state index in [1.165, 1.54) is 37.7 Å². The quantitative estimate of drug-likeness (QED) is 0.811. The zero-order valence-corrected chi connectivity index (χ0v) is 13.3. The van der Waals surface area contributed by atoms with E-state index in [-0.39, 0.29) is 12.5 Å². The second-order valence-corrected chi connectivity index (χ2v) is 7.09. The molecule has 20 heavy (non-hydrogen) atoms. The molecule has 0 aromatic heterocycles. The van der Waals surface area contributed by atoms with Gasteiger partial charge in [-0.25, -0.2) is 0 Å². The van der Waals surface area contributed by atoms with Crippen molar-refractivity contribution in [3.63, 3.8) is 0 Å². The summed E-state index contributed by atoms with van der Waals surface area (Å²) < 4.78 is 5.41. The highest BCUT2D eigenvalue weighted by Gasteiger charge is 2.35. The topological polar surface area (TPSA) is 38.3 Å². The molecule has 1 fully saturated rings. The molecule has 1 heterocycles. The van der Waals surface area contributed by atoms with Gasteiger partial charge in [0.1, 0.15) is 5.75 Å². The van der Waals surface area contributed by atoms with Crippen LogP contribution in [-0.2, 0) is 4.79 Å². The van der Waals surface area contributed by atoms with Crippen molar-refractivity contribution in [1.82, 2.24) is 0 Å². The number of carbonyl (C=O) groups is 1. The number of nitrogens with one attached hydrogen (secondary N) is 1. The number of carbonyl (C=O) groups excluding carboxylic acids is 1. The van der Waals surface area contributed by atoms with Crippen LogP contribution in [0.1, 0.15) is 49.4 Å². The van der Waals surface area contributed by atoms with E-state index in [2.05, 4.69) is 34.2 Å². The maximum atomic E-state index is 11.4. The lowest BCUT2D eigenvalue weighted by Gasteiger charge is -2.38. The van der Waals surface area contributed by atoms with Crippen LogP contribution in [0, 0.1) is 5.41 Å². The lowest BCUT2D eigenvalue weighted by atomic mass is 9.72. The van der Waals surface area contributed by atoms with Crippen LogP contribution in [0.5, 0.6) is 5.75 Å². The highest BCUT2D eigenvalue weighted by Crippen LogP contribution is 2.51. The summed E-state index contributed by atoms with van der Waals surface area (Å²) in [6.45, 7) is 2.47. The Balaban J connectivity index is 1.86. The molecule has 1 N–H and O–H groups in total. The fraction of sp³-hybridized carbons (Fsp3) is 0.562. The molecule has 0 bridgehead atoms. The third-order valence-electron chi connectivity index (χ3n) is 4.54. The van der Waals surface area contributed by atoms with E-state index in [1.807, 2.05) is 12.1 Å². The van der Waals surface area contributed by atoms with Crippen LogP contribution in [0.4, 0.5) is 5.69 Å². The van der Waals surface area contributed by atoms with Crippen LogP contribution in [0.2, 0.25) is 0 Å². The van der Waals surface area contributed by atoms with Crippen LogP contribution in [0.15, 0.2) is 18.2 Å². The standard InChI is InChI=1S/C16H20BrNO2/c1-16(7-3-2-4-8-16)15(17)11-5-6-13-12(9-11)18-14(19)10-20-13/h5-6,9,15H,2-4,7-8,10H2,1H3,(H,18,19).